The maximum atomic E-state index is 4.95. The molecule has 0 aromatic carbocycles. The summed E-state index contributed by atoms with van der Waals surface area (Å²) in [5.74, 6) is 0. The fourth-order valence-electron chi connectivity index (χ4n) is 0. The zero-order valence-corrected chi connectivity index (χ0v) is 11.9. The van der Waals surface area contributed by atoms with E-state index in [9.17, 15) is 0 Å². The molecule has 0 radical (unpaired) electrons. The number of hydrogen-bond acceptors (Lipinski definition) is 0. The number of rotatable bonds is 0. The zero-order valence-electron chi connectivity index (χ0n) is 2.93. The van der Waals surface area contributed by atoms with Crippen LogP contribution < -0.4 is 0 Å². The van der Waals surface area contributed by atoms with Crippen LogP contribution in [0.4, 0.5) is 0 Å². The van der Waals surface area contributed by atoms with Crippen molar-refractivity contribution in [2.75, 3.05) is 0 Å². The van der Waals surface area contributed by atoms with Gasteiger partial charge >= 0.3 is 69.1 Å². The summed E-state index contributed by atoms with van der Waals surface area (Å²) < 4.78 is 0. The Balaban J connectivity index is 0. The quantitative estimate of drug-likeness (QED) is 0.595. The van der Waals surface area contributed by atoms with Crippen LogP contribution in [0.1, 0.15) is 0 Å². The SMILES string of the molecule is [Cl][Zn][Cl].[Cl][Zn][Cl]. The van der Waals surface area contributed by atoms with Crippen LogP contribution in [0.5, 0.6) is 0 Å². The molecule has 0 saturated carbocycles. The topological polar surface area (TPSA) is 0 Å². The maximum absolute atomic E-state index is 4.95. The molecule has 0 atom stereocenters. The Morgan fingerprint density at radius 1 is 0.667 bits per heavy atom. The van der Waals surface area contributed by atoms with Crippen LogP contribution in [0.2, 0.25) is 0 Å². The van der Waals surface area contributed by atoms with Crippen LogP contribution >= 0.6 is 38.8 Å². The van der Waals surface area contributed by atoms with E-state index in [-0.39, 0.29) is 0 Å². The number of halogens is 4. The Bertz CT molecular complexity index is 7.51. The average Bonchev–Trinajstić information content (AvgIpc) is 1.39. The van der Waals surface area contributed by atoms with Crippen molar-refractivity contribution in [3.63, 3.8) is 0 Å². The van der Waals surface area contributed by atoms with Crippen molar-refractivity contribution in [3.05, 3.63) is 0 Å². The van der Waals surface area contributed by atoms with Gasteiger partial charge in [0.05, 0.1) is 0 Å². The molecule has 32 valence electrons. The van der Waals surface area contributed by atoms with E-state index in [0.717, 1.165) is 0 Å². The van der Waals surface area contributed by atoms with Gasteiger partial charge in [-0.3, -0.25) is 0 Å². The van der Waals surface area contributed by atoms with Crippen LogP contribution in [0.25, 0.3) is 0 Å². The van der Waals surface area contributed by atoms with E-state index in [1.807, 2.05) is 0 Å². The molecular weight excluding hydrogens is 273 g/mol. The summed E-state index contributed by atoms with van der Waals surface area (Å²) in [5.41, 5.74) is 0. The van der Waals surface area contributed by atoms with Gasteiger partial charge < -0.3 is 0 Å². The van der Waals surface area contributed by atoms with Crippen molar-refractivity contribution < 1.29 is 30.3 Å². The minimum absolute atomic E-state index is 0.931. The van der Waals surface area contributed by atoms with E-state index < -0.39 is 30.3 Å². The van der Waals surface area contributed by atoms with Gasteiger partial charge in [-0.1, -0.05) is 0 Å². The average molecular weight is 273 g/mol. The van der Waals surface area contributed by atoms with Crippen LogP contribution in [0, 0.1) is 0 Å². The van der Waals surface area contributed by atoms with Gasteiger partial charge in [-0.2, -0.15) is 0 Å². The monoisotopic (exact) mass is 268 g/mol. The molecule has 0 aliphatic carbocycles. The molecule has 0 aromatic heterocycles. The Morgan fingerprint density at radius 2 is 0.667 bits per heavy atom. The van der Waals surface area contributed by atoms with E-state index in [1.165, 1.54) is 0 Å². The molecule has 0 heterocycles. The zero-order chi connectivity index (χ0) is 5.41. The molecule has 0 N–H and O–H groups in total. The molecule has 0 nitrogen and oxygen atoms in total. The van der Waals surface area contributed by atoms with Crippen molar-refractivity contribution >= 4 is 38.8 Å². The molecule has 0 fully saturated rings. The van der Waals surface area contributed by atoms with Gasteiger partial charge in [-0.15, -0.1) is 0 Å². The first-order chi connectivity index (χ1) is 2.83. The van der Waals surface area contributed by atoms with Crippen LogP contribution in [-0.4, -0.2) is 0 Å². The Hall–Kier alpha value is 2.41. The second-order valence-corrected chi connectivity index (χ2v) is 9.45. The summed E-state index contributed by atoms with van der Waals surface area (Å²) in [5, 5.41) is 0. The molecule has 0 saturated heterocycles. The molecule has 0 amide bonds. The molecule has 0 aromatic rings. The third-order valence-electron chi connectivity index (χ3n) is 0. The third-order valence-corrected chi connectivity index (χ3v) is 0. The van der Waals surface area contributed by atoms with Gasteiger partial charge in [-0.25, -0.2) is 0 Å². The summed E-state index contributed by atoms with van der Waals surface area (Å²) in [4.78, 5) is 0. The van der Waals surface area contributed by atoms with Crippen molar-refractivity contribution in [2.45, 2.75) is 0 Å². The second kappa shape index (κ2) is 15.7. The standard InChI is InChI=1S/4ClH.2Zn/h4*1H;;/q;;;;2*+2/p-4. The fraction of sp³-hybridized carbons (Fsp3) is 0. The summed E-state index contributed by atoms with van der Waals surface area (Å²) >= 11 is -1.86. The van der Waals surface area contributed by atoms with Gasteiger partial charge in [0.15, 0.2) is 0 Å². The van der Waals surface area contributed by atoms with Crippen LogP contribution in [-0.2, 0) is 30.3 Å². The Kier molecular flexibility index (Phi) is 29.3. The molecule has 6 heavy (non-hydrogen) atoms. The summed E-state index contributed by atoms with van der Waals surface area (Å²) in [7, 11) is 19.8. The Morgan fingerprint density at radius 3 is 0.667 bits per heavy atom. The molecule has 0 unspecified atom stereocenters. The van der Waals surface area contributed by atoms with E-state index in [1.54, 1.807) is 0 Å². The van der Waals surface area contributed by atoms with Crippen molar-refractivity contribution in [1.29, 1.82) is 0 Å². The van der Waals surface area contributed by atoms with Crippen molar-refractivity contribution in [1.82, 2.24) is 0 Å². The second-order valence-electron chi connectivity index (χ2n) is 0.202. The van der Waals surface area contributed by atoms with Crippen molar-refractivity contribution in [3.8, 4) is 0 Å². The van der Waals surface area contributed by atoms with Crippen LogP contribution in [0.15, 0.2) is 0 Å². The van der Waals surface area contributed by atoms with Gasteiger partial charge in [0.25, 0.3) is 0 Å². The van der Waals surface area contributed by atoms with Gasteiger partial charge in [0.1, 0.15) is 0 Å². The van der Waals surface area contributed by atoms with Gasteiger partial charge in [-0.05, 0) is 0 Å². The third kappa shape index (κ3) is 32.3. The van der Waals surface area contributed by atoms with E-state index >= 15 is 0 Å². The summed E-state index contributed by atoms with van der Waals surface area (Å²) in [6.07, 6.45) is 0. The van der Waals surface area contributed by atoms with E-state index in [4.69, 9.17) is 38.8 Å². The minimum atomic E-state index is -0.931. The molecule has 0 aliphatic rings. The van der Waals surface area contributed by atoms with E-state index in [0.29, 0.717) is 0 Å². The van der Waals surface area contributed by atoms with Crippen LogP contribution in [0.3, 0.4) is 0 Å². The first-order valence-electron chi connectivity index (χ1n) is 1.07. The summed E-state index contributed by atoms with van der Waals surface area (Å²) in [6, 6.07) is 0. The van der Waals surface area contributed by atoms with Crippen molar-refractivity contribution in [2.24, 2.45) is 0 Å². The van der Waals surface area contributed by atoms with Gasteiger partial charge in [0, 0.05) is 0 Å². The first-order valence-corrected chi connectivity index (χ1v) is 16.7. The van der Waals surface area contributed by atoms with Gasteiger partial charge in [0.2, 0.25) is 0 Å². The molecule has 0 rings (SSSR count). The number of hydrogen-bond donors (Lipinski definition) is 0. The van der Waals surface area contributed by atoms with E-state index in [2.05, 4.69) is 0 Å². The first kappa shape index (κ1) is 11.2. The predicted octanol–water partition coefficient (Wildman–Crippen LogP) is 2.75. The fourth-order valence-corrected chi connectivity index (χ4v) is 0. The predicted molar refractivity (Wildman–Crippen MR) is 23.4 cm³/mol. The molecule has 6 heteroatoms. The molecule has 0 aliphatic heterocycles. The normalized spacial score (nSPS) is 3.33. The Labute approximate surface area is 68.2 Å². The molecular formula is Cl4Zn2. The summed E-state index contributed by atoms with van der Waals surface area (Å²) in [6.45, 7) is 0. The molecule has 0 bridgehead atoms. The molecule has 0 spiro atoms.